The summed E-state index contributed by atoms with van der Waals surface area (Å²) in [4.78, 5) is 16.7. The van der Waals surface area contributed by atoms with Crippen molar-refractivity contribution in [2.24, 2.45) is 0 Å². The van der Waals surface area contributed by atoms with Gasteiger partial charge < -0.3 is 4.74 Å². The molecule has 2 heterocycles. The molecular formula is C12H13N3O2S2. The lowest BCUT2D eigenvalue weighted by Gasteiger charge is -2.04. The van der Waals surface area contributed by atoms with Crippen molar-refractivity contribution < 1.29 is 9.53 Å². The van der Waals surface area contributed by atoms with E-state index in [4.69, 9.17) is 0 Å². The molecule has 19 heavy (non-hydrogen) atoms. The Morgan fingerprint density at radius 3 is 3.11 bits per heavy atom. The summed E-state index contributed by atoms with van der Waals surface area (Å²) in [6.45, 7) is 1.76. The normalized spacial score (nSPS) is 12.7. The van der Waals surface area contributed by atoms with Crippen molar-refractivity contribution in [2.75, 3.05) is 7.11 Å². The van der Waals surface area contributed by atoms with Crippen LogP contribution in [0.3, 0.4) is 0 Å². The Morgan fingerprint density at radius 2 is 2.42 bits per heavy atom. The summed E-state index contributed by atoms with van der Waals surface area (Å²) in [5, 5.41) is 9.08. The van der Waals surface area contributed by atoms with Crippen molar-refractivity contribution in [3.8, 4) is 0 Å². The number of hydrogen-bond acceptors (Lipinski definition) is 6. The molecule has 2 aromatic heterocycles. The van der Waals surface area contributed by atoms with Crippen molar-refractivity contribution in [2.45, 2.75) is 17.3 Å². The molecule has 0 radical (unpaired) electrons. The van der Waals surface area contributed by atoms with E-state index in [0.717, 1.165) is 4.88 Å². The first-order chi connectivity index (χ1) is 9.19. The molecule has 0 saturated carbocycles. The SMILES string of the molecule is COC(=O)C(C)Sc1n[nH]c(C=Cc2cccs2)n1. The summed E-state index contributed by atoms with van der Waals surface area (Å²) >= 11 is 2.91. The number of thiophene rings is 1. The Labute approximate surface area is 119 Å². The van der Waals surface area contributed by atoms with Crippen LogP contribution in [0.2, 0.25) is 0 Å². The molecule has 0 aliphatic heterocycles. The lowest BCUT2D eigenvalue weighted by molar-refractivity contribution is -0.139. The molecular weight excluding hydrogens is 282 g/mol. The number of nitrogens with zero attached hydrogens (tertiary/aromatic N) is 2. The molecule has 1 atom stereocenters. The Kier molecular flexibility index (Phi) is 4.75. The average Bonchev–Trinajstić information content (AvgIpc) is 3.06. The van der Waals surface area contributed by atoms with Gasteiger partial charge in [-0.3, -0.25) is 9.89 Å². The van der Waals surface area contributed by atoms with Gasteiger partial charge in [0.05, 0.1) is 7.11 Å². The molecule has 2 rings (SSSR count). The largest absolute Gasteiger partial charge is 0.468 e. The molecule has 7 heteroatoms. The Hall–Kier alpha value is -1.60. The molecule has 2 aromatic rings. The van der Waals surface area contributed by atoms with Gasteiger partial charge in [-0.2, -0.15) is 0 Å². The quantitative estimate of drug-likeness (QED) is 0.678. The zero-order chi connectivity index (χ0) is 13.7. The topological polar surface area (TPSA) is 67.9 Å². The number of carbonyl (C=O) groups excluding carboxylic acids is 1. The van der Waals surface area contributed by atoms with E-state index in [2.05, 4.69) is 19.9 Å². The number of aromatic amines is 1. The molecule has 0 bridgehead atoms. The lowest BCUT2D eigenvalue weighted by Crippen LogP contribution is -2.14. The van der Waals surface area contributed by atoms with E-state index >= 15 is 0 Å². The zero-order valence-corrected chi connectivity index (χ0v) is 12.1. The summed E-state index contributed by atoms with van der Waals surface area (Å²) in [5.41, 5.74) is 0. The molecule has 5 nitrogen and oxygen atoms in total. The van der Waals surface area contributed by atoms with E-state index in [1.807, 2.05) is 29.7 Å². The van der Waals surface area contributed by atoms with Crippen molar-refractivity contribution in [1.29, 1.82) is 0 Å². The molecule has 100 valence electrons. The predicted octanol–water partition coefficient (Wildman–Crippen LogP) is 2.69. The van der Waals surface area contributed by atoms with Gasteiger partial charge in [0.15, 0.2) is 0 Å². The van der Waals surface area contributed by atoms with Crippen LogP contribution in [0.1, 0.15) is 17.6 Å². The molecule has 0 saturated heterocycles. The Bertz CT molecular complexity index is 563. The van der Waals surface area contributed by atoms with Crippen LogP contribution in [-0.2, 0) is 9.53 Å². The van der Waals surface area contributed by atoms with Gasteiger partial charge in [-0.05, 0) is 30.5 Å². The summed E-state index contributed by atoms with van der Waals surface area (Å²) in [5.74, 6) is 0.374. The van der Waals surface area contributed by atoms with E-state index in [9.17, 15) is 4.79 Å². The van der Waals surface area contributed by atoms with Gasteiger partial charge in [-0.1, -0.05) is 17.8 Å². The van der Waals surface area contributed by atoms with Crippen molar-refractivity contribution in [3.63, 3.8) is 0 Å². The molecule has 1 unspecified atom stereocenters. The number of carbonyl (C=O) groups is 1. The van der Waals surface area contributed by atoms with Crippen LogP contribution in [0.25, 0.3) is 12.2 Å². The maximum atomic E-state index is 11.3. The fourth-order valence-electron chi connectivity index (χ4n) is 1.30. The molecule has 0 aromatic carbocycles. The highest BCUT2D eigenvalue weighted by Crippen LogP contribution is 2.20. The highest BCUT2D eigenvalue weighted by Gasteiger charge is 2.16. The highest BCUT2D eigenvalue weighted by atomic mass is 32.2. The summed E-state index contributed by atoms with van der Waals surface area (Å²) in [7, 11) is 1.37. The van der Waals surface area contributed by atoms with Crippen LogP contribution >= 0.6 is 23.1 Å². The van der Waals surface area contributed by atoms with E-state index < -0.39 is 0 Å². The van der Waals surface area contributed by atoms with Gasteiger partial charge in [-0.15, -0.1) is 16.4 Å². The number of thioether (sulfide) groups is 1. The predicted molar refractivity (Wildman–Crippen MR) is 77.0 cm³/mol. The summed E-state index contributed by atoms with van der Waals surface area (Å²) in [6, 6.07) is 4.01. The third-order valence-electron chi connectivity index (χ3n) is 2.25. The van der Waals surface area contributed by atoms with E-state index in [-0.39, 0.29) is 11.2 Å². The summed E-state index contributed by atoms with van der Waals surface area (Å²) < 4.78 is 4.65. The number of ether oxygens (including phenoxy) is 1. The number of H-pyrrole nitrogens is 1. The minimum absolute atomic E-state index is 0.287. The third-order valence-corrected chi connectivity index (χ3v) is 4.02. The van der Waals surface area contributed by atoms with E-state index in [1.54, 1.807) is 18.3 Å². The van der Waals surface area contributed by atoms with Crippen molar-refractivity contribution in [1.82, 2.24) is 15.2 Å². The van der Waals surface area contributed by atoms with E-state index in [0.29, 0.717) is 11.0 Å². The van der Waals surface area contributed by atoms with Gasteiger partial charge in [0.2, 0.25) is 5.16 Å². The van der Waals surface area contributed by atoms with E-state index in [1.165, 1.54) is 18.9 Å². The first-order valence-corrected chi connectivity index (χ1v) is 7.33. The van der Waals surface area contributed by atoms with Crippen molar-refractivity contribution >= 4 is 41.2 Å². The highest BCUT2D eigenvalue weighted by molar-refractivity contribution is 8.00. The van der Waals surface area contributed by atoms with Gasteiger partial charge in [-0.25, -0.2) is 4.98 Å². The number of rotatable bonds is 5. The average molecular weight is 295 g/mol. The fourth-order valence-corrected chi connectivity index (χ4v) is 2.68. The minimum atomic E-state index is -0.324. The number of esters is 1. The summed E-state index contributed by atoms with van der Waals surface area (Å²) in [6.07, 6.45) is 3.81. The first kappa shape index (κ1) is 13.8. The second-order valence-corrected chi connectivity index (χ2v) is 5.92. The Morgan fingerprint density at radius 1 is 1.58 bits per heavy atom. The molecule has 0 aliphatic carbocycles. The Balaban J connectivity index is 1.97. The lowest BCUT2D eigenvalue weighted by atomic mass is 10.4. The van der Waals surface area contributed by atoms with Crippen LogP contribution in [0, 0.1) is 0 Å². The fraction of sp³-hybridized carbons (Fsp3) is 0.250. The molecule has 0 aliphatic rings. The second-order valence-electron chi connectivity index (χ2n) is 3.64. The van der Waals surface area contributed by atoms with Gasteiger partial charge in [0.1, 0.15) is 11.1 Å². The van der Waals surface area contributed by atoms with Crippen LogP contribution < -0.4 is 0 Å². The monoisotopic (exact) mass is 295 g/mol. The number of aromatic nitrogens is 3. The molecule has 0 amide bonds. The van der Waals surface area contributed by atoms with Crippen LogP contribution in [0.15, 0.2) is 22.7 Å². The second kappa shape index (κ2) is 6.53. The van der Waals surface area contributed by atoms with Crippen LogP contribution in [0.4, 0.5) is 0 Å². The third kappa shape index (κ3) is 3.93. The first-order valence-electron chi connectivity index (χ1n) is 5.57. The standard InChI is InChI=1S/C12H13N3O2S2/c1-8(11(16)17-2)19-12-13-10(14-15-12)6-5-9-4-3-7-18-9/h3-8H,1-2H3,(H,13,14,15). The molecule has 0 spiro atoms. The smallest absolute Gasteiger partial charge is 0.318 e. The van der Waals surface area contributed by atoms with Gasteiger partial charge >= 0.3 is 5.97 Å². The maximum Gasteiger partial charge on any atom is 0.318 e. The van der Waals surface area contributed by atoms with Crippen LogP contribution in [-0.4, -0.2) is 33.5 Å². The molecule has 1 N–H and O–H groups in total. The van der Waals surface area contributed by atoms with Crippen molar-refractivity contribution in [3.05, 3.63) is 28.2 Å². The zero-order valence-electron chi connectivity index (χ0n) is 10.5. The maximum absolute atomic E-state index is 11.3. The number of methoxy groups -OCH3 is 1. The number of hydrogen-bond donors (Lipinski definition) is 1. The van der Waals surface area contributed by atoms with Crippen LogP contribution in [0.5, 0.6) is 0 Å². The van der Waals surface area contributed by atoms with Gasteiger partial charge in [0.25, 0.3) is 0 Å². The van der Waals surface area contributed by atoms with Gasteiger partial charge in [0, 0.05) is 4.88 Å². The molecule has 0 fully saturated rings. The number of nitrogens with one attached hydrogen (secondary N) is 1. The minimum Gasteiger partial charge on any atom is -0.468 e.